The molecule has 2 aliphatic rings. The van der Waals surface area contributed by atoms with Gasteiger partial charge in [-0.3, -0.25) is 4.79 Å². The van der Waals surface area contributed by atoms with Gasteiger partial charge in [0.05, 0.1) is 12.1 Å². The van der Waals surface area contributed by atoms with Crippen molar-refractivity contribution in [1.29, 1.82) is 0 Å². The molecule has 2 saturated heterocycles. The fraction of sp³-hybridized carbons (Fsp3) is 0.889. The molecule has 1 amide bonds. The summed E-state index contributed by atoms with van der Waals surface area (Å²) in [6.07, 6.45) is 1.17. The van der Waals surface area contributed by atoms with Crippen molar-refractivity contribution in [2.24, 2.45) is 0 Å². The number of hydrogen-bond acceptors (Lipinski definition) is 4. The van der Waals surface area contributed by atoms with Crippen LogP contribution in [0.5, 0.6) is 0 Å². The lowest BCUT2D eigenvalue weighted by Gasteiger charge is -2.15. The zero-order valence-electron chi connectivity index (χ0n) is 8.53. The number of carbonyl (C=O) groups excluding carboxylic acids is 1. The first-order chi connectivity index (χ1) is 6.75. The van der Waals surface area contributed by atoms with Crippen LogP contribution in [-0.2, 0) is 4.79 Å². The first-order valence-electron chi connectivity index (χ1n) is 5.18. The number of carbonyl (C=O) groups is 1. The zero-order chi connectivity index (χ0) is 9.97. The second-order valence-electron chi connectivity index (χ2n) is 4.05. The van der Waals surface area contributed by atoms with E-state index in [0.29, 0.717) is 13.0 Å². The monoisotopic (exact) mass is 235 g/mol. The fourth-order valence-electron chi connectivity index (χ4n) is 2.00. The SMILES string of the molecule is Cl.O=C(NC1CCNC1)[C@H]1C[C@@H](O)CN1. The molecule has 2 aliphatic heterocycles. The Morgan fingerprint density at radius 2 is 2.20 bits per heavy atom. The summed E-state index contributed by atoms with van der Waals surface area (Å²) < 4.78 is 0. The van der Waals surface area contributed by atoms with E-state index in [1.54, 1.807) is 0 Å². The molecule has 0 aliphatic carbocycles. The lowest BCUT2D eigenvalue weighted by molar-refractivity contribution is -0.123. The van der Waals surface area contributed by atoms with Crippen LogP contribution in [0, 0.1) is 0 Å². The molecule has 2 heterocycles. The van der Waals surface area contributed by atoms with E-state index in [1.807, 2.05) is 0 Å². The van der Waals surface area contributed by atoms with Crippen molar-refractivity contribution < 1.29 is 9.90 Å². The summed E-state index contributed by atoms with van der Waals surface area (Å²) in [5.74, 6) is 0.0234. The maximum Gasteiger partial charge on any atom is 0.237 e. The number of rotatable bonds is 2. The van der Waals surface area contributed by atoms with E-state index in [-0.39, 0.29) is 36.5 Å². The Morgan fingerprint density at radius 3 is 2.73 bits per heavy atom. The Kier molecular flexibility index (Phi) is 4.79. The van der Waals surface area contributed by atoms with E-state index in [9.17, 15) is 9.90 Å². The summed E-state index contributed by atoms with van der Waals surface area (Å²) in [5, 5.41) is 18.4. The summed E-state index contributed by atoms with van der Waals surface area (Å²) in [6.45, 7) is 2.37. The van der Waals surface area contributed by atoms with E-state index in [1.165, 1.54) is 0 Å². The Bertz CT molecular complexity index is 221. The maximum atomic E-state index is 11.6. The zero-order valence-corrected chi connectivity index (χ0v) is 9.35. The lowest BCUT2D eigenvalue weighted by Crippen LogP contribution is -2.45. The number of aliphatic hydroxyl groups is 1. The van der Waals surface area contributed by atoms with Gasteiger partial charge in [-0.25, -0.2) is 0 Å². The van der Waals surface area contributed by atoms with Crippen LogP contribution in [0.3, 0.4) is 0 Å². The third kappa shape index (κ3) is 3.31. The predicted molar refractivity (Wildman–Crippen MR) is 59.1 cm³/mol. The largest absolute Gasteiger partial charge is 0.392 e. The normalized spacial score (nSPS) is 34.9. The van der Waals surface area contributed by atoms with Crippen LogP contribution in [0.25, 0.3) is 0 Å². The van der Waals surface area contributed by atoms with Gasteiger partial charge in [0.15, 0.2) is 0 Å². The molecule has 4 N–H and O–H groups in total. The molecular formula is C9H18ClN3O2. The summed E-state index contributed by atoms with van der Waals surface area (Å²) in [7, 11) is 0. The highest BCUT2D eigenvalue weighted by Crippen LogP contribution is 2.07. The summed E-state index contributed by atoms with van der Waals surface area (Å²) in [5.41, 5.74) is 0. The minimum absolute atomic E-state index is 0. The number of halogens is 1. The number of amides is 1. The Balaban J connectivity index is 0.00000112. The van der Waals surface area contributed by atoms with E-state index >= 15 is 0 Å². The first-order valence-corrected chi connectivity index (χ1v) is 5.18. The van der Waals surface area contributed by atoms with E-state index < -0.39 is 0 Å². The predicted octanol–water partition coefficient (Wildman–Crippen LogP) is -1.39. The van der Waals surface area contributed by atoms with Gasteiger partial charge in [-0.2, -0.15) is 0 Å². The van der Waals surface area contributed by atoms with Crippen LogP contribution >= 0.6 is 12.4 Å². The van der Waals surface area contributed by atoms with Crippen molar-refractivity contribution in [1.82, 2.24) is 16.0 Å². The number of β-amino-alcohol motifs (C(OH)–C–C–N with tert-alkyl or cyclic N) is 1. The first kappa shape index (κ1) is 12.7. The van der Waals surface area contributed by atoms with Crippen molar-refractivity contribution in [3.8, 4) is 0 Å². The second kappa shape index (κ2) is 5.65. The third-order valence-electron chi connectivity index (χ3n) is 2.83. The molecule has 6 heteroatoms. The van der Waals surface area contributed by atoms with Crippen molar-refractivity contribution in [2.75, 3.05) is 19.6 Å². The molecule has 1 unspecified atom stereocenters. The molecule has 2 fully saturated rings. The summed E-state index contributed by atoms with van der Waals surface area (Å²) >= 11 is 0. The van der Waals surface area contributed by atoms with Crippen LogP contribution in [-0.4, -0.2) is 48.8 Å². The number of aliphatic hydroxyl groups excluding tert-OH is 1. The van der Waals surface area contributed by atoms with Crippen LogP contribution in [0.15, 0.2) is 0 Å². The van der Waals surface area contributed by atoms with Crippen LogP contribution in [0.4, 0.5) is 0 Å². The van der Waals surface area contributed by atoms with E-state index in [2.05, 4.69) is 16.0 Å². The van der Waals surface area contributed by atoms with Crippen LogP contribution in [0.2, 0.25) is 0 Å². The van der Waals surface area contributed by atoms with Crippen molar-refractivity contribution in [3.63, 3.8) is 0 Å². The van der Waals surface area contributed by atoms with Gasteiger partial charge >= 0.3 is 0 Å². The van der Waals surface area contributed by atoms with Crippen LogP contribution < -0.4 is 16.0 Å². The van der Waals surface area contributed by atoms with E-state index in [4.69, 9.17) is 0 Å². The summed E-state index contributed by atoms with van der Waals surface area (Å²) in [6, 6.07) is 0.0626. The molecule has 5 nitrogen and oxygen atoms in total. The number of hydrogen-bond donors (Lipinski definition) is 4. The Hall–Kier alpha value is -0.360. The third-order valence-corrected chi connectivity index (χ3v) is 2.83. The second-order valence-corrected chi connectivity index (χ2v) is 4.05. The molecule has 0 saturated carbocycles. The van der Waals surface area contributed by atoms with Crippen LogP contribution in [0.1, 0.15) is 12.8 Å². The van der Waals surface area contributed by atoms with Gasteiger partial charge in [0.2, 0.25) is 5.91 Å². The molecule has 0 radical (unpaired) electrons. The molecule has 0 aromatic carbocycles. The molecule has 0 bridgehead atoms. The molecule has 3 atom stereocenters. The van der Waals surface area contributed by atoms with Gasteiger partial charge in [-0.05, 0) is 19.4 Å². The highest BCUT2D eigenvalue weighted by atomic mass is 35.5. The Labute approximate surface area is 95.4 Å². The molecule has 0 aromatic heterocycles. The fourth-order valence-corrected chi connectivity index (χ4v) is 2.00. The highest BCUT2D eigenvalue weighted by Gasteiger charge is 2.29. The minimum Gasteiger partial charge on any atom is -0.392 e. The van der Waals surface area contributed by atoms with Crippen molar-refractivity contribution in [3.05, 3.63) is 0 Å². The van der Waals surface area contributed by atoms with Gasteiger partial charge in [0.1, 0.15) is 0 Å². The van der Waals surface area contributed by atoms with E-state index in [0.717, 1.165) is 19.5 Å². The molecule has 88 valence electrons. The van der Waals surface area contributed by atoms with Gasteiger partial charge in [0, 0.05) is 19.1 Å². The Morgan fingerprint density at radius 1 is 1.40 bits per heavy atom. The average molecular weight is 236 g/mol. The minimum atomic E-state index is -0.368. The molecular weight excluding hydrogens is 218 g/mol. The lowest BCUT2D eigenvalue weighted by atomic mass is 10.1. The van der Waals surface area contributed by atoms with Crippen molar-refractivity contribution in [2.45, 2.75) is 31.0 Å². The van der Waals surface area contributed by atoms with Gasteiger partial charge in [-0.15, -0.1) is 12.4 Å². The quantitative estimate of drug-likeness (QED) is 0.476. The molecule has 15 heavy (non-hydrogen) atoms. The van der Waals surface area contributed by atoms with Gasteiger partial charge in [-0.1, -0.05) is 0 Å². The van der Waals surface area contributed by atoms with Gasteiger partial charge < -0.3 is 21.1 Å². The molecule has 0 spiro atoms. The molecule has 0 aromatic rings. The van der Waals surface area contributed by atoms with Crippen molar-refractivity contribution >= 4 is 18.3 Å². The maximum absolute atomic E-state index is 11.6. The average Bonchev–Trinajstić information content (AvgIpc) is 2.75. The topological polar surface area (TPSA) is 73.4 Å². The standard InChI is InChI=1S/C9H17N3O2.ClH/c13-7-3-8(11-5-7)9(14)12-6-1-2-10-4-6;/h6-8,10-11,13H,1-5H2,(H,12,14);1H/t6?,7-,8-;/m1./s1. The summed E-state index contributed by atoms with van der Waals surface area (Å²) in [4.78, 5) is 11.6. The van der Waals surface area contributed by atoms with Gasteiger partial charge in [0.25, 0.3) is 0 Å². The molecule has 2 rings (SSSR count). The highest BCUT2D eigenvalue weighted by molar-refractivity contribution is 5.85. The smallest absolute Gasteiger partial charge is 0.237 e. The number of nitrogens with one attached hydrogen (secondary N) is 3.